The van der Waals surface area contributed by atoms with Crippen LogP contribution in [0.4, 0.5) is 0 Å². The Kier molecular flexibility index (Phi) is 7.40. The van der Waals surface area contributed by atoms with Gasteiger partial charge in [-0.1, -0.05) is 29.0 Å². The van der Waals surface area contributed by atoms with Gasteiger partial charge in [0.05, 0.1) is 25.0 Å². The normalized spacial score (nSPS) is 18.7. The molecule has 0 aliphatic heterocycles. The molecule has 5 rings (SSSR count). The molecule has 1 aromatic heterocycles. The zero-order chi connectivity index (χ0) is 27.5. The van der Waals surface area contributed by atoms with Crippen molar-refractivity contribution < 1.29 is 24.2 Å². The number of carboxylic acid groups (broad SMARTS) is 1. The average molecular weight is 528 g/mol. The third kappa shape index (κ3) is 5.52. The number of fused-ring (bicyclic) bond motifs is 1. The van der Waals surface area contributed by atoms with Crippen molar-refractivity contribution in [1.29, 1.82) is 0 Å². The number of ketones is 1. The molecule has 1 N–H and O–H groups in total. The number of aryl methyl sites for hydroxylation is 1. The molecule has 3 aromatic carbocycles. The maximum absolute atomic E-state index is 13.4. The molecule has 0 spiro atoms. The van der Waals surface area contributed by atoms with Crippen LogP contribution in [0.15, 0.2) is 71.5 Å². The maximum Gasteiger partial charge on any atom is 0.307 e. The van der Waals surface area contributed by atoms with Crippen LogP contribution in [0.25, 0.3) is 10.9 Å². The van der Waals surface area contributed by atoms with Crippen molar-refractivity contribution in [2.24, 2.45) is 17.8 Å². The van der Waals surface area contributed by atoms with Crippen LogP contribution in [-0.4, -0.2) is 39.0 Å². The molecule has 1 aliphatic rings. The summed E-state index contributed by atoms with van der Waals surface area (Å²) in [5, 5.41) is 18.7. The van der Waals surface area contributed by atoms with Crippen LogP contribution in [-0.2, 0) is 17.9 Å². The smallest absolute Gasteiger partial charge is 0.307 e. The molecule has 4 aromatic rings. The van der Waals surface area contributed by atoms with Crippen LogP contribution in [0, 0.1) is 24.7 Å². The molecule has 3 atom stereocenters. The number of hydrogen-bond acceptors (Lipinski definition) is 7. The van der Waals surface area contributed by atoms with E-state index in [9.17, 15) is 19.5 Å². The summed E-state index contributed by atoms with van der Waals surface area (Å²) in [4.78, 5) is 38.7. The topological polar surface area (TPSA) is 121 Å². The fraction of sp³-hybridized carbons (Fsp3) is 0.300. The SMILES string of the molecule is COc1cccc(COc2ccc(C(=O)C3CCC(Cn4nnc5ccc(C)cc5c4=O)C3C(=O)O)cc2)c1. The van der Waals surface area contributed by atoms with E-state index in [4.69, 9.17) is 9.47 Å². The Balaban J connectivity index is 1.28. The third-order valence-corrected chi connectivity index (χ3v) is 7.37. The van der Waals surface area contributed by atoms with Crippen LogP contribution in [0.5, 0.6) is 11.5 Å². The van der Waals surface area contributed by atoms with E-state index in [2.05, 4.69) is 10.3 Å². The Morgan fingerprint density at radius 1 is 1.03 bits per heavy atom. The molecule has 9 heteroatoms. The number of carboxylic acids is 1. The summed E-state index contributed by atoms with van der Waals surface area (Å²) in [6.45, 7) is 2.32. The molecule has 1 fully saturated rings. The lowest BCUT2D eigenvalue weighted by Gasteiger charge is -2.20. The highest BCUT2D eigenvalue weighted by molar-refractivity contribution is 6.00. The molecule has 200 valence electrons. The predicted molar refractivity (Wildman–Crippen MR) is 144 cm³/mol. The molecular formula is C30H29N3O6. The van der Waals surface area contributed by atoms with Crippen molar-refractivity contribution in [2.75, 3.05) is 7.11 Å². The highest BCUT2D eigenvalue weighted by Gasteiger charge is 2.45. The maximum atomic E-state index is 13.4. The van der Waals surface area contributed by atoms with E-state index in [1.807, 2.05) is 37.3 Å². The lowest BCUT2D eigenvalue weighted by Crippen LogP contribution is -2.34. The highest BCUT2D eigenvalue weighted by Crippen LogP contribution is 2.40. The second kappa shape index (κ2) is 11.1. The Labute approximate surface area is 225 Å². The number of carbonyl (C=O) groups excluding carboxylic acids is 1. The van der Waals surface area contributed by atoms with E-state index in [-0.39, 0.29) is 17.9 Å². The number of methoxy groups -OCH3 is 1. The van der Waals surface area contributed by atoms with Gasteiger partial charge >= 0.3 is 5.97 Å². The molecule has 0 saturated heterocycles. The van der Waals surface area contributed by atoms with Gasteiger partial charge in [-0.15, -0.1) is 5.10 Å². The molecule has 39 heavy (non-hydrogen) atoms. The minimum atomic E-state index is -1.05. The van der Waals surface area contributed by atoms with Crippen LogP contribution < -0.4 is 15.0 Å². The fourth-order valence-corrected chi connectivity index (χ4v) is 5.34. The number of carbonyl (C=O) groups is 2. The largest absolute Gasteiger partial charge is 0.497 e. The van der Waals surface area contributed by atoms with Crippen molar-refractivity contribution in [3.05, 3.63) is 93.8 Å². The van der Waals surface area contributed by atoms with Crippen LogP contribution >= 0.6 is 0 Å². The van der Waals surface area contributed by atoms with Gasteiger partial charge in [-0.3, -0.25) is 14.4 Å². The van der Waals surface area contributed by atoms with E-state index in [0.29, 0.717) is 41.7 Å². The fourth-order valence-electron chi connectivity index (χ4n) is 5.34. The molecule has 9 nitrogen and oxygen atoms in total. The molecule has 0 amide bonds. The Hall–Kier alpha value is -4.53. The van der Waals surface area contributed by atoms with Crippen LogP contribution in [0.2, 0.25) is 0 Å². The van der Waals surface area contributed by atoms with E-state index in [1.54, 1.807) is 43.5 Å². The van der Waals surface area contributed by atoms with Gasteiger partial charge in [-0.05, 0) is 79.8 Å². The van der Waals surface area contributed by atoms with Gasteiger partial charge in [0.1, 0.15) is 23.6 Å². The lowest BCUT2D eigenvalue weighted by atomic mass is 9.84. The van der Waals surface area contributed by atoms with E-state index in [0.717, 1.165) is 16.9 Å². The second-order valence-electron chi connectivity index (χ2n) is 9.93. The van der Waals surface area contributed by atoms with Crippen LogP contribution in [0.3, 0.4) is 0 Å². The highest BCUT2D eigenvalue weighted by atomic mass is 16.5. The first-order valence-corrected chi connectivity index (χ1v) is 12.8. The van der Waals surface area contributed by atoms with Crippen molar-refractivity contribution in [3.63, 3.8) is 0 Å². The van der Waals surface area contributed by atoms with Gasteiger partial charge in [-0.2, -0.15) is 0 Å². The van der Waals surface area contributed by atoms with Gasteiger partial charge in [0.2, 0.25) is 0 Å². The molecule has 0 radical (unpaired) electrons. The number of aromatic nitrogens is 3. The van der Waals surface area contributed by atoms with Gasteiger partial charge in [-0.25, -0.2) is 4.68 Å². The standard InChI is InChI=1S/C30H29N3O6/c1-18-6-13-26-25(14-18)29(35)33(32-31-26)16-21-9-12-24(27(21)30(36)37)28(34)20-7-10-22(11-8-20)39-17-19-4-3-5-23(15-19)38-2/h3-8,10-11,13-15,21,24,27H,9,12,16-17H2,1-2H3,(H,36,37). The first-order valence-electron chi connectivity index (χ1n) is 12.8. The Morgan fingerprint density at radius 2 is 1.82 bits per heavy atom. The number of benzene rings is 3. The first-order chi connectivity index (χ1) is 18.8. The van der Waals surface area contributed by atoms with Crippen molar-refractivity contribution in [2.45, 2.75) is 32.9 Å². The van der Waals surface area contributed by atoms with E-state index < -0.39 is 23.7 Å². The minimum absolute atomic E-state index is 0.0908. The zero-order valence-electron chi connectivity index (χ0n) is 21.7. The molecule has 1 saturated carbocycles. The zero-order valence-corrected chi connectivity index (χ0v) is 21.7. The summed E-state index contributed by atoms with van der Waals surface area (Å²) < 4.78 is 12.3. The quantitative estimate of drug-likeness (QED) is 0.320. The van der Waals surface area contributed by atoms with Gasteiger partial charge in [0, 0.05) is 11.5 Å². The molecule has 1 aliphatic carbocycles. The van der Waals surface area contributed by atoms with Gasteiger partial charge in [0.15, 0.2) is 5.78 Å². The van der Waals surface area contributed by atoms with E-state index >= 15 is 0 Å². The number of Topliss-reactive ketones (excluding diaryl/α,β-unsaturated/α-hetero) is 1. The summed E-state index contributed by atoms with van der Waals surface area (Å²) in [7, 11) is 1.61. The van der Waals surface area contributed by atoms with Crippen LogP contribution in [0.1, 0.15) is 34.3 Å². The summed E-state index contributed by atoms with van der Waals surface area (Å²) >= 11 is 0. The summed E-state index contributed by atoms with van der Waals surface area (Å²) in [6, 6.07) is 19.7. The van der Waals surface area contributed by atoms with Crippen molar-refractivity contribution >= 4 is 22.7 Å². The molecule has 3 unspecified atom stereocenters. The average Bonchev–Trinajstić information content (AvgIpc) is 3.37. The third-order valence-electron chi connectivity index (χ3n) is 7.37. The van der Waals surface area contributed by atoms with Crippen molar-refractivity contribution in [1.82, 2.24) is 15.0 Å². The number of hydrogen-bond donors (Lipinski definition) is 1. The first kappa shape index (κ1) is 26.1. The molecule has 0 bridgehead atoms. The second-order valence-corrected chi connectivity index (χ2v) is 9.93. The van der Waals surface area contributed by atoms with E-state index in [1.165, 1.54) is 4.68 Å². The summed E-state index contributed by atoms with van der Waals surface area (Å²) in [5.41, 5.74) is 2.48. The van der Waals surface area contributed by atoms with Gasteiger partial charge in [0.25, 0.3) is 5.56 Å². The molecular weight excluding hydrogens is 498 g/mol. The number of ether oxygens (including phenoxy) is 2. The Morgan fingerprint density at radius 3 is 2.56 bits per heavy atom. The monoisotopic (exact) mass is 527 g/mol. The minimum Gasteiger partial charge on any atom is -0.497 e. The van der Waals surface area contributed by atoms with Gasteiger partial charge < -0.3 is 14.6 Å². The summed E-state index contributed by atoms with van der Waals surface area (Å²) in [6.07, 6.45) is 0.915. The molecule has 1 heterocycles. The number of nitrogens with zero attached hydrogens (tertiary/aromatic N) is 3. The number of rotatable bonds is 9. The Bertz CT molecular complexity index is 1580. The summed E-state index contributed by atoms with van der Waals surface area (Å²) in [5.74, 6) is -1.98. The number of aliphatic carboxylic acids is 1. The van der Waals surface area contributed by atoms with Crippen molar-refractivity contribution in [3.8, 4) is 11.5 Å². The lowest BCUT2D eigenvalue weighted by molar-refractivity contribution is -0.144. The predicted octanol–water partition coefficient (Wildman–Crippen LogP) is 4.30.